The summed E-state index contributed by atoms with van der Waals surface area (Å²) in [6, 6.07) is 0. The topological polar surface area (TPSA) is 127 Å². The maximum atomic E-state index is 10.5. The normalized spacial score (nSPS) is 11.2. The Morgan fingerprint density at radius 3 is 2.86 bits per heavy atom. The zero-order chi connectivity index (χ0) is 10.8. The SMILES string of the molecule is NS(=O)(=O)Nc1cnn(CC(=O)O)c1. The molecule has 0 amide bonds. The number of carbonyl (C=O) groups is 1. The van der Waals surface area contributed by atoms with Gasteiger partial charge in [-0.15, -0.1) is 0 Å². The van der Waals surface area contributed by atoms with Crippen LogP contribution in [0.4, 0.5) is 5.69 Å². The number of nitrogens with two attached hydrogens (primary N) is 1. The second kappa shape index (κ2) is 3.64. The zero-order valence-corrected chi connectivity index (χ0v) is 7.73. The molecule has 1 heterocycles. The van der Waals surface area contributed by atoms with Crippen LogP contribution < -0.4 is 9.86 Å². The fourth-order valence-corrected chi connectivity index (χ4v) is 1.24. The van der Waals surface area contributed by atoms with Gasteiger partial charge in [-0.25, -0.2) is 5.14 Å². The third-order valence-corrected chi connectivity index (χ3v) is 1.71. The second-order valence-corrected chi connectivity index (χ2v) is 3.76. The van der Waals surface area contributed by atoms with Gasteiger partial charge < -0.3 is 5.11 Å². The van der Waals surface area contributed by atoms with Gasteiger partial charge in [-0.1, -0.05) is 0 Å². The molecule has 0 radical (unpaired) electrons. The van der Waals surface area contributed by atoms with Crippen molar-refractivity contribution in [1.82, 2.24) is 9.78 Å². The van der Waals surface area contributed by atoms with Gasteiger partial charge in [-0.3, -0.25) is 14.2 Å². The van der Waals surface area contributed by atoms with Crippen LogP contribution in [0.5, 0.6) is 0 Å². The number of aliphatic carboxylic acids is 1. The molecule has 9 heteroatoms. The van der Waals surface area contributed by atoms with Crippen LogP contribution in [0, 0.1) is 0 Å². The van der Waals surface area contributed by atoms with Gasteiger partial charge in [0.15, 0.2) is 0 Å². The Bertz CT molecular complexity index is 436. The summed E-state index contributed by atoms with van der Waals surface area (Å²) in [6.07, 6.45) is 2.38. The quantitative estimate of drug-likeness (QED) is 0.574. The van der Waals surface area contributed by atoms with Crippen LogP contribution in [-0.2, 0) is 21.5 Å². The summed E-state index contributed by atoms with van der Waals surface area (Å²) in [7, 11) is -3.84. The maximum Gasteiger partial charge on any atom is 0.325 e. The average molecular weight is 220 g/mol. The fourth-order valence-electron chi connectivity index (χ4n) is 0.806. The maximum absolute atomic E-state index is 10.5. The first-order valence-corrected chi connectivity index (χ1v) is 4.96. The van der Waals surface area contributed by atoms with Gasteiger partial charge in [0.2, 0.25) is 0 Å². The Hall–Kier alpha value is -1.61. The highest BCUT2D eigenvalue weighted by molar-refractivity contribution is 7.90. The molecule has 0 aliphatic rings. The largest absolute Gasteiger partial charge is 0.480 e. The predicted molar refractivity (Wildman–Crippen MR) is 46.6 cm³/mol. The van der Waals surface area contributed by atoms with Crippen molar-refractivity contribution in [2.75, 3.05) is 4.72 Å². The van der Waals surface area contributed by atoms with Crippen LogP contribution in [0.1, 0.15) is 0 Å². The molecule has 1 aromatic heterocycles. The van der Waals surface area contributed by atoms with Crippen molar-refractivity contribution in [3.05, 3.63) is 12.4 Å². The van der Waals surface area contributed by atoms with Gasteiger partial charge in [0.1, 0.15) is 6.54 Å². The lowest BCUT2D eigenvalue weighted by Crippen LogP contribution is -2.21. The average Bonchev–Trinajstić information content (AvgIpc) is 2.30. The number of hydrogen-bond donors (Lipinski definition) is 3. The van der Waals surface area contributed by atoms with E-state index in [1.807, 2.05) is 4.72 Å². The van der Waals surface area contributed by atoms with Gasteiger partial charge >= 0.3 is 5.97 Å². The summed E-state index contributed by atoms with van der Waals surface area (Å²) in [5.41, 5.74) is 0.119. The molecule has 8 nitrogen and oxygen atoms in total. The number of carboxylic acid groups (broad SMARTS) is 1. The number of nitrogens with one attached hydrogen (secondary N) is 1. The Morgan fingerprint density at radius 2 is 2.36 bits per heavy atom. The summed E-state index contributed by atoms with van der Waals surface area (Å²) < 4.78 is 24.1. The molecule has 0 aliphatic heterocycles. The molecule has 1 aromatic rings. The highest BCUT2D eigenvalue weighted by atomic mass is 32.2. The minimum Gasteiger partial charge on any atom is -0.480 e. The van der Waals surface area contributed by atoms with Crippen molar-refractivity contribution >= 4 is 21.9 Å². The first kappa shape index (κ1) is 10.5. The molecule has 14 heavy (non-hydrogen) atoms. The summed E-state index contributed by atoms with van der Waals surface area (Å²) in [5, 5.41) is 16.7. The zero-order valence-electron chi connectivity index (χ0n) is 6.91. The minimum absolute atomic E-state index is 0.119. The molecule has 0 spiro atoms. The standard InChI is InChI=1S/C5H8N4O4S/c6-14(12,13)8-4-1-7-9(2-4)3-5(10)11/h1-2,8H,3H2,(H,10,11)(H2,6,12,13). The van der Waals surface area contributed by atoms with Gasteiger partial charge in [0, 0.05) is 6.20 Å². The van der Waals surface area contributed by atoms with E-state index in [0.29, 0.717) is 0 Å². The van der Waals surface area contributed by atoms with Crippen LogP contribution in [0.25, 0.3) is 0 Å². The van der Waals surface area contributed by atoms with Gasteiger partial charge in [0.25, 0.3) is 10.2 Å². The predicted octanol–water partition coefficient (Wildman–Crippen LogP) is -1.42. The molecule has 78 valence electrons. The lowest BCUT2D eigenvalue weighted by Gasteiger charge is -1.97. The van der Waals surface area contributed by atoms with E-state index in [4.69, 9.17) is 5.11 Å². The van der Waals surface area contributed by atoms with E-state index >= 15 is 0 Å². The molecule has 0 aromatic carbocycles. The summed E-state index contributed by atoms with van der Waals surface area (Å²) in [6.45, 7) is -0.341. The number of anilines is 1. The van der Waals surface area contributed by atoms with Crippen LogP contribution in [0.3, 0.4) is 0 Å². The molecule has 0 atom stereocenters. The van der Waals surface area contributed by atoms with Gasteiger partial charge in [0.05, 0.1) is 11.9 Å². The highest BCUT2D eigenvalue weighted by Gasteiger charge is 2.06. The van der Waals surface area contributed by atoms with Crippen LogP contribution in [0.15, 0.2) is 12.4 Å². The van der Waals surface area contributed by atoms with Crippen LogP contribution in [0.2, 0.25) is 0 Å². The molecule has 0 saturated heterocycles. The van der Waals surface area contributed by atoms with Gasteiger partial charge in [-0.05, 0) is 0 Å². The third kappa shape index (κ3) is 3.41. The van der Waals surface area contributed by atoms with Crippen molar-refractivity contribution in [3.63, 3.8) is 0 Å². The van der Waals surface area contributed by atoms with Crippen LogP contribution >= 0.6 is 0 Å². The molecule has 0 unspecified atom stereocenters. The summed E-state index contributed by atoms with van der Waals surface area (Å²) in [5.74, 6) is -1.07. The lowest BCUT2D eigenvalue weighted by molar-refractivity contribution is -0.137. The minimum atomic E-state index is -3.84. The highest BCUT2D eigenvalue weighted by Crippen LogP contribution is 2.05. The molecular formula is C5H8N4O4S. The van der Waals surface area contributed by atoms with E-state index in [-0.39, 0.29) is 12.2 Å². The Balaban J connectivity index is 2.74. The lowest BCUT2D eigenvalue weighted by atomic mass is 10.6. The Labute approximate surface area is 79.5 Å². The van der Waals surface area contributed by atoms with E-state index in [1.165, 1.54) is 6.20 Å². The monoisotopic (exact) mass is 220 g/mol. The molecule has 0 bridgehead atoms. The summed E-state index contributed by atoms with van der Waals surface area (Å²) in [4.78, 5) is 10.2. The van der Waals surface area contributed by atoms with Crippen molar-refractivity contribution in [3.8, 4) is 0 Å². The fraction of sp³-hybridized carbons (Fsp3) is 0.200. The summed E-state index contributed by atoms with van der Waals surface area (Å²) >= 11 is 0. The third-order valence-electron chi connectivity index (χ3n) is 1.19. The smallest absolute Gasteiger partial charge is 0.325 e. The Kier molecular flexibility index (Phi) is 2.72. The van der Waals surface area contributed by atoms with Crippen molar-refractivity contribution < 1.29 is 18.3 Å². The Morgan fingerprint density at radius 1 is 1.71 bits per heavy atom. The first-order valence-electron chi connectivity index (χ1n) is 3.41. The molecule has 0 saturated carbocycles. The molecule has 0 fully saturated rings. The number of nitrogens with zero attached hydrogens (tertiary/aromatic N) is 2. The number of aromatic nitrogens is 2. The number of hydrogen-bond acceptors (Lipinski definition) is 4. The molecule has 0 aliphatic carbocycles. The number of rotatable bonds is 4. The van der Waals surface area contributed by atoms with E-state index < -0.39 is 16.2 Å². The van der Waals surface area contributed by atoms with Crippen molar-refractivity contribution in [2.24, 2.45) is 5.14 Å². The molecule has 1 rings (SSSR count). The van der Waals surface area contributed by atoms with E-state index in [9.17, 15) is 13.2 Å². The van der Waals surface area contributed by atoms with Gasteiger partial charge in [-0.2, -0.15) is 13.5 Å². The van der Waals surface area contributed by atoms with Crippen molar-refractivity contribution in [1.29, 1.82) is 0 Å². The molecular weight excluding hydrogens is 212 g/mol. The van der Waals surface area contributed by atoms with Crippen LogP contribution in [-0.4, -0.2) is 29.3 Å². The van der Waals surface area contributed by atoms with E-state index in [1.54, 1.807) is 0 Å². The van der Waals surface area contributed by atoms with Crippen molar-refractivity contribution in [2.45, 2.75) is 6.54 Å². The van der Waals surface area contributed by atoms with E-state index in [2.05, 4.69) is 10.2 Å². The number of carboxylic acids is 1. The van der Waals surface area contributed by atoms with E-state index in [0.717, 1.165) is 10.9 Å². The first-order chi connectivity index (χ1) is 6.37. The second-order valence-electron chi connectivity index (χ2n) is 2.47. The molecule has 4 N–H and O–H groups in total.